The molecule has 1 unspecified atom stereocenters. The summed E-state index contributed by atoms with van der Waals surface area (Å²) in [4.78, 5) is 24.3. The van der Waals surface area contributed by atoms with Crippen LogP contribution in [0, 0.1) is 11.3 Å². The fourth-order valence-electron chi connectivity index (χ4n) is 5.94. The largest absolute Gasteiger partial charge is 0.482 e. The molecule has 2 aliphatic carbocycles. The number of carbonyl (C=O) groups excluding carboxylic acids is 2. The van der Waals surface area contributed by atoms with Crippen LogP contribution in [0.4, 0.5) is 0 Å². The number of benzene rings is 2. The minimum Gasteiger partial charge on any atom is -0.482 e. The maximum atomic E-state index is 12.9. The smallest absolute Gasteiger partial charge is 0.343 e. The molecule has 0 spiro atoms. The van der Waals surface area contributed by atoms with Crippen molar-refractivity contribution in [2.75, 3.05) is 13.7 Å². The Labute approximate surface area is 207 Å². The van der Waals surface area contributed by atoms with Crippen molar-refractivity contribution in [3.8, 4) is 5.75 Å². The molecule has 0 heterocycles. The van der Waals surface area contributed by atoms with E-state index < -0.39 is 18.2 Å². The SMILES string of the molecule is CCCC1(C(O)c2cccc([C@H]3[C@H](O)CC(=O)[C@@H]3Cc3cccc(OCC(=O)OC)c3)c2)CCC1. The number of carbonyl (C=O) groups is 2. The molecule has 0 aromatic heterocycles. The molecule has 6 heteroatoms. The molecule has 2 aromatic rings. The van der Waals surface area contributed by atoms with E-state index in [1.165, 1.54) is 7.11 Å². The molecule has 0 bridgehead atoms. The lowest BCUT2D eigenvalue weighted by Gasteiger charge is -2.46. The Bertz CT molecular complexity index is 1040. The van der Waals surface area contributed by atoms with E-state index in [4.69, 9.17) is 4.74 Å². The topological polar surface area (TPSA) is 93.1 Å². The van der Waals surface area contributed by atoms with Crippen LogP contribution >= 0.6 is 0 Å². The van der Waals surface area contributed by atoms with E-state index in [0.717, 1.165) is 48.8 Å². The molecule has 0 aliphatic heterocycles. The number of Topliss-reactive ketones (excluding diaryl/α,β-unsaturated/α-hetero) is 1. The highest BCUT2D eigenvalue weighted by Gasteiger charge is 2.45. The van der Waals surface area contributed by atoms with Crippen molar-refractivity contribution >= 4 is 11.8 Å². The Balaban J connectivity index is 1.54. The van der Waals surface area contributed by atoms with Crippen LogP contribution in [0.2, 0.25) is 0 Å². The van der Waals surface area contributed by atoms with Crippen molar-refractivity contribution < 1.29 is 29.3 Å². The van der Waals surface area contributed by atoms with E-state index in [9.17, 15) is 19.8 Å². The van der Waals surface area contributed by atoms with E-state index in [1.54, 1.807) is 6.07 Å². The lowest BCUT2D eigenvalue weighted by Crippen LogP contribution is -2.36. The third-order valence-electron chi connectivity index (χ3n) is 7.90. The van der Waals surface area contributed by atoms with E-state index in [2.05, 4.69) is 11.7 Å². The van der Waals surface area contributed by atoms with E-state index >= 15 is 0 Å². The molecule has 0 saturated heterocycles. The Morgan fingerprint density at radius 2 is 1.94 bits per heavy atom. The van der Waals surface area contributed by atoms with Gasteiger partial charge < -0.3 is 19.7 Å². The lowest BCUT2D eigenvalue weighted by atomic mass is 9.61. The average Bonchev–Trinajstić information content (AvgIpc) is 3.12. The molecular weight excluding hydrogens is 444 g/mol. The zero-order valence-corrected chi connectivity index (χ0v) is 20.6. The molecule has 35 heavy (non-hydrogen) atoms. The summed E-state index contributed by atoms with van der Waals surface area (Å²) in [5, 5.41) is 22.1. The summed E-state index contributed by atoms with van der Waals surface area (Å²) in [5.74, 6) is -0.605. The second-order valence-corrected chi connectivity index (χ2v) is 10.1. The first-order valence-electron chi connectivity index (χ1n) is 12.6. The van der Waals surface area contributed by atoms with Gasteiger partial charge in [0.05, 0.1) is 19.3 Å². The highest BCUT2D eigenvalue weighted by molar-refractivity contribution is 5.85. The molecule has 2 aromatic carbocycles. The zero-order chi connectivity index (χ0) is 25.0. The summed E-state index contributed by atoms with van der Waals surface area (Å²) in [6.07, 6.45) is 4.55. The maximum Gasteiger partial charge on any atom is 0.343 e. The summed E-state index contributed by atoms with van der Waals surface area (Å²) < 4.78 is 10.1. The molecule has 4 atom stereocenters. The van der Waals surface area contributed by atoms with Crippen molar-refractivity contribution in [1.82, 2.24) is 0 Å². The summed E-state index contributed by atoms with van der Waals surface area (Å²) in [6, 6.07) is 15.2. The number of esters is 1. The number of aliphatic hydroxyl groups is 2. The second kappa shape index (κ2) is 10.9. The van der Waals surface area contributed by atoms with Gasteiger partial charge in [0.25, 0.3) is 0 Å². The molecule has 188 valence electrons. The monoisotopic (exact) mass is 480 g/mol. The van der Waals surface area contributed by atoms with Gasteiger partial charge >= 0.3 is 5.97 Å². The molecule has 2 N–H and O–H groups in total. The normalized spacial score (nSPS) is 24.0. The van der Waals surface area contributed by atoms with Crippen molar-refractivity contribution in [2.45, 2.75) is 70.0 Å². The van der Waals surface area contributed by atoms with Crippen LogP contribution in [0.1, 0.15) is 74.2 Å². The van der Waals surface area contributed by atoms with E-state index in [1.807, 2.05) is 42.5 Å². The molecule has 0 amide bonds. The number of aliphatic hydroxyl groups excluding tert-OH is 2. The van der Waals surface area contributed by atoms with Crippen LogP contribution in [-0.2, 0) is 20.7 Å². The third-order valence-corrected chi connectivity index (χ3v) is 7.90. The van der Waals surface area contributed by atoms with Gasteiger partial charge in [-0.25, -0.2) is 4.79 Å². The number of hydrogen-bond donors (Lipinski definition) is 2. The van der Waals surface area contributed by atoms with E-state index in [-0.39, 0.29) is 36.1 Å². The number of hydrogen-bond acceptors (Lipinski definition) is 6. The second-order valence-electron chi connectivity index (χ2n) is 10.1. The highest BCUT2D eigenvalue weighted by atomic mass is 16.6. The van der Waals surface area contributed by atoms with Crippen molar-refractivity contribution in [1.29, 1.82) is 0 Å². The van der Waals surface area contributed by atoms with Crippen molar-refractivity contribution in [3.05, 3.63) is 65.2 Å². The lowest BCUT2D eigenvalue weighted by molar-refractivity contribution is -0.142. The van der Waals surface area contributed by atoms with Gasteiger partial charge in [-0.1, -0.05) is 56.2 Å². The Morgan fingerprint density at radius 3 is 2.63 bits per heavy atom. The van der Waals surface area contributed by atoms with Crippen molar-refractivity contribution in [2.24, 2.45) is 11.3 Å². The van der Waals surface area contributed by atoms with Gasteiger partial charge in [-0.05, 0) is 54.5 Å². The van der Waals surface area contributed by atoms with Gasteiger partial charge in [-0.3, -0.25) is 4.79 Å². The maximum absolute atomic E-state index is 12.9. The standard InChI is InChI=1S/C29H36O6/c1-3-11-29(12-6-13-29)28(33)21-9-5-8-20(16-21)27-23(24(30)17-25(27)31)15-19-7-4-10-22(14-19)35-18-26(32)34-2/h4-5,7-10,14,16,23,25,27-28,31,33H,3,6,11-13,15,17-18H2,1-2H3/t23-,25+,27+,28?/m0/s1. The first-order valence-corrected chi connectivity index (χ1v) is 12.6. The predicted molar refractivity (Wildman–Crippen MR) is 132 cm³/mol. The predicted octanol–water partition coefficient (Wildman–Crippen LogP) is 4.52. The van der Waals surface area contributed by atoms with Gasteiger partial charge in [0, 0.05) is 23.7 Å². The summed E-state index contributed by atoms with van der Waals surface area (Å²) in [6.45, 7) is 1.97. The fourth-order valence-corrected chi connectivity index (χ4v) is 5.94. The first kappa shape index (κ1) is 25.4. The minimum atomic E-state index is -0.757. The van der Waals surface area contributed by atoms with Gasteiger partial charge in [0.2, 0.25) is 0 Å². The molecule has 2 fully saturated rings. The zero-order valence-electron chi connectivity index (χ0n) is 20.6. The molecule has 6 nitrogen and oxygen atoms in total. The Hall–Kier alpha value is -2.70. The summed E-state index contributed by atoms with van der Waals surface area (Å²) in [7, 11) is 1.31. The Morgan fingerprint density at radius 1 is 1.17 bits per heavy atom. The first-order chi connectivity index (χ1) is 16.9. The average molecular weight is 481 g/mol. The minimum absolute atomic E-state index is 0.0378. The van der Waals surface area contributed by atoms with Gasteiger partial charge in [-0.15, -0.1) is 0 Å². The molecule has 4 rings (SSSR count). The van der Waals surface area contributed by atoms with Crippen LogP contribution in [0.15, 0.2) is 48.5 Å². The van der Waals surface area contributed by atoms with Crippen LogP contribution in [0.25, 0.3) is 0 Å². The number of ether oxygens (including phenoxy) is 2. The third kappa shape index (κ3) is 5.44. The van der Waals surface area contributed by atoms with E-state index in [0.29, 0.717) is 12.2 Å². The van der Waals surface area contributed by atoms with Crippen LogP contribution in [0.3, 0.4) is 0 Å². The van der Waals surface area contributed by atoms with Crippen LogP contribution in [0.5, 0.6) is 5.75 Å². The highest BCUT2D eigenvalue weighted by Crippen LogP contribution is 2.53. The van der Waals surface area contributed by atoms with Crippen molar-refractivity contribution in [3.63, 3.8) is 0 Å². The van der Waals surface area contributed by atoms with Crippen LogP contribution < -0.4 is 4.74 Å². The fraction of sp³-hybridized carbons (Fsp3) is 0.517. The van der Waals surface area contributed by atoms with Gasteiger partial charge in [0.15, 0.2) is 6.61 Å². The molecule has 2 aliphatic rings. The molecular formula is C29H36O6. The molecule has 2 saturated carbocycles. The number of rotatable bonds is 10. The van der Waals surface area contributed by atoms with Gasteiger partial charge in [0.1, 0.15) is 11.5 Å². The number of ketones is 1. The Kier molecular flexibility index (Phi) is 7.92. The quantitative estimate of drug-likeness (QED) is 0.486. The molecule has 0 radical (unpaired) electrons. The number of methoxy groups -OCH3 is 1. The van der Waals surface area contributed by atoms with Crippen LogP contribution in [-0.4, -0.2) is 41.8 Å². The summed E-state index contributed by atoms with van der Waals surface area (Å²) in [5.41, 5.74) is 2.62. The summed E-state index contributed by atoms with van der Waals surface area (Å²) >= 11 is 0. The van der Waals surface area contributed by atoms with Gasteiger partial charge in [-0.2, -0.15) is 0 Å².